The van der Waals surface area contributed by atoms with Gasteiger partial charge in [-0.25, -0.2) is 0 Å². The van der Waals surface area contributed by atoms with Gasteiger partial charge in [0.05, 0.1) is 0 Å². The van der Waals surface area contributed by atoms with Crippen molar-refractivity contribution >= 4 is 11.6 Å². The van der Waals surface area contributed by atoms with Crippen molar-refractivity contribution in [1.29, 1.82) is 0 Å². The number of carbonyl (C=O) groups excluding carboxylic acids is 1. The summed E-state index contributed by atoms with van der Waals surface area (Å²) in [5, 5.41) is 2.90. The van der Waals surface area contributed by atoms with Crippen molar-refractivity contribution in [2.24, 2.45) is 0 Å². The lowest BCUT2D eigenvalue weighted by Gasteiger charge is -2.17. The first-order chi connectivity index (χ1) is 13.1. The van der Waals surface area contributed by atoms with E-state index in [-0.39, 0.29) is 5.91 Å². The van der Waals surface area contributed by atoms with Gasteiger partial charge in [0.2, 0.25) is 0 Å². The van der Waals surface area contributed by atoms with Gasteiger partial charge in [-0.05, 0) is 67.4 Å². The Balaban J connectivity index is 1.60. The summed E-state index contributed by atoms with van der Waals surface area (Å²) in [6.45, 7) is 3.92. The molecule has 0 aliphatic carbocycles. The number of hydrogen-bond acceptors (Lipinski definition) is 3. The van der Waals surface area contributed by atoms with Crippen molar-refractivity contribution in [3.63, 3.8) is 0 Å². The molecular weight excluding hydrogens is 338 g/mol. The van der Waals surface area contributed by atoms with E-state index in [9.17, 15) is 4.79 Å². The third-order valence-corrected chi connectivity index (χ3v) is 4.03. The van der Waals surface area contributed by atoms with Gasteiger partial charge in [0.25, 0.3) is 5.91 Å². The van der Waals surface area contributed by atoms with Gasteiger partial charge >= 0.3 is 0 Å². The average Bonchev–Trinajstić information content (AvgIpc) is 2.68. The fourth-order valence-electron chi connectivity index (χ4n) is 2.63. The Morgan fingerprint density at radius 1 is 0.889 bits per heavy atom. The third kappa shape index (κ3) is 5.35. The summed E-state index contributed by atoms with van der Waals surface area (Å²) in [6.07, 6.45) is 0.0293. The fraction of sp³-hybridized carbons (Fsp3) is 0.174. The minimum atomic E-state index is -0.549. The van der Waals surface area contributed by atoms with E-state index in [4.69, 9.17) is 9.47 Å². The molecule has 0 aromatic heterocycles. The SMILES string of the molecule is CCC(Oc1cccc(C)c1)C(=O)Nc1ccc(Oc2ccccc2)cc1. The molecule has 0 bridgehead atoms. The van der Waals surface area contributed by atoms with Crippen LogP contribution in [0.1, 0.15) is 18.9 Å². The second-order valence-corrected chi connectivity index (χ2v) is 6.26. The minimum Gasteiger partial charge on any atom is -0.481 e. The second-order valence-electron chi connectivity index (χ2n) is 6.26. The highest BCUT2D eigenvalue weighted by Crippen LogP contribution is 2.23. The number of anilines is 1. The Morgan fingerprint density at radius 3 is 2.22 bits per heavy atom. The van der Waals surface area contributed by atoms with Gasteiger partial charge in [-0.15, -0.1) is 0 Å². The second kappa shape index (κ2) is 8.90. The Bertz CT molecular complexity index is 876. The van der Waals surface area contributed by atoms with Gasteiger partial charge in [-0.1, -0.05) is 37.3 Å². The fourth-order valence-corrected chi connectivity index (χ4v) is 2.63. The number of ether oxygens (including phenoxy) is 2. The molecule has 3 rings (SSSR count). The monoisotopic (exact) mass is 361 g/mol. The maximum atomic E-state index is 12.5. The molecule has 3 aromatic rings. The van der Waals surface area contributed by atoms with Gasteiger partial charge in [0.1, 0.15) is 17.2 Å². The van der Waals surface area contributed by atoms with Crippen LogP contribution < -0.4 is 14.8 Å². The molecule has 0 saturated heterocycles. The first kappa shape index (κ1) is 18.5. The summed E-state index contributed by atoms with van der Waals surface area (Å²) in [5.74, 6) is 2.01. The van der Waals surface area contributed by atoms with Crippen LogP contribution in [0.2, 0.25) is 0 Å². The first-order valence-electron chi connectivity index (χ1n) is 9.01. The molecule has 138 valence electrons. The summed E-state index contributed by atoms with van der Waals surface area (Å²) in [4.78, 5) is 12.5. The Morgan fingerprint density at radius 2 is 1.56 bits per heavy atom. The van der Waals surface area contributed by atoms with Gasteiger partial charge < -0.3 is 14.8 Å². The minimum absolute atomic E-state index is 0.171. The largest absolute Gasteiger partial charge is 0.481 e. The highest BCUT2D eigenvalue weighted by atomic mass is 16.5. The smallest absolute Gasteiger partial charge is 0.265 e. The molecule has 27 heavy (non-hydrogen) atoms. The van der Waals surface area contributed by atoms with Gasteiger partial charge in [0, 0.05) is 5.69 Å². The molecule has 0 fully saturated rings. The number of amides is 1. The van der Waals surface area contributed by atoms with Crippen LogP contribution in [0, 0.1) is 6.92 Å². The molecule has 0 spiro atoms. The van der Waals surface area contributed by atoms with E-state index in [1.807, 2.05) is 92.7 Å². The van der Waals surface area contributed by atoms with Crippen LogP contribution in [0.4, 0.5) is 5.69 Å². The maximum Gasteiger partial charge on any atom is 0.265 e. The van der Waals surface area contributed by atoms with Crippen LogP contribution in [-0.2, 0) is 4.79 Å². The Labute approximate surface area is 159 Å². The Hall–Kier alpha value is -3.27. The molecule has 0 aliphatic heterocycles. The van der Waals surface area contributed by atoms with Crippen LogP contribution >= 0.6 is 0 Å². The molecule has 3 aromatic carbocycles. The molecule has 4 heteroatoms. The van der Waals surface area contributed by atoms with Gasteiger partial charge in [-0.2, -0.15) is 0 Å². The summed E-state index contributed by atoms with van der Waals surface area (Å²) in [6, 6.07) is 24.5. The number of aryl methyl sites for hydroxylation is 1. The quantitative estimate of drug-likeness (QED) is 0.597. The number of hydrogen-bond donors (Lipinski definition) is 1. The number of nitrogens with one attached hydrogen (secondary N) is 1. The topological polar surface area (TPSA) is 47.6 Å². The maximum absolute atomic E-state index is 12.5. The molecule has 1 amide bonds. The van der Waals surface area contributed by atoms with Crippen LogP contribution in [0.15, 0.2) is 78.9 Å². The van der Waals surface area contributed by atoms with E-state index >= 15 is 0 Å². The zero-order chi connectivity index (χ0) is 19.1. The van der Waals surface area contributed by atoms with Crippen molar-refractivity contribution in [3.05, 3.63) is 84.4 Å². The van der Waals surface area contributed by atoms with E-state index < -0.39 is 6.10 Å². The van der Waals surface area contributed by atoms with Crippen molar-refractivity contribution in [1.82, 2.24) is 0 Å². The number of benzene rings is 3. The van der Waals surface area contributed by atoms with Crippen molar-refractivity contribution in [3.8, 4) is 17.2 Å². The highest BCUT2D eigenvalue weighted by molar-refractivity contribution is 5.94. The lowest BCUT2D eigenvalue weighted by atomic mass is 10.2. The average molecular weight is 361 g/mol. The molecular formula is C23H23NO3. The molecule has 1 unspecified atom stereocenters. The lowest BCUT2D eigenvalue weighted by molar-refractivity contribution is -0.122. The zero-order valence-corrected chi connectivity index (χ0v) is 15.5. The summed E-state index contributed by atoms with van der Waals surface area (Å²) < 4.78 is 11.6. The van der Waals surface area contributed by atoms with E-state index in [1.165, 1.54) is 0 Å². The zero-order valence-electron chi connectivity index (χ0n) is 15.5. The molecule has 0 heterocycles. The van der Waals surface area contributed by atoms with E-state index in [1.54, 1.807) is 0 Å². The predicted molar refractivity (Wildman–Crippen MR) is 107 cm³/mol. The summed E-state index contributed by atoms with van der Waals surface area (Å²) in [7, 11) is 0. The van der Waals surface area contributed by atoms with Gasteiger partial charge in [0.15, 0.2) is 6.10 Å². The van der Waals surface area contributed by atoms with E-state index in [0.29, 0.717) is 23.6 Å². The number of carbonyl (C=O) groups is 1. The number of rotatable bonds is 7. The Kier molecular flexibility index (Phi) is 6.10. The first-order valence-corrected chi connectivity index (χ1v) is 9.01. The lowest BCUT2D eigenvalue weighted by Crippen LogP contribution is -2.32. The summed E-state index contributed by atoms with van der Waals surface area (Å²) >= 11 is 0. The molecule has 0 radical (unpaired) electrons. The molecule has 1 atom stereocenters. The van der Waals surface area contributed by atoms with Crippen LogP contribution in [0.5, 0.6) is 17.2 Å². The van der Waals surface area contributed by atoms with E-state index in [0.717, 1.165) is 11.3 Å². The van der Waals surface area contributed by atoms with Crippen molar-refractivity contribution in [2.45, 2.75) is 26.4 Å². The predicted octanol–water partition coefficient (Wildman–Crippen LogP) is 5.58. The normalized spacial score (nSPS) is 11.5. The van der Waals surface area contributed by atoms with Crippen molar-refractivity contribution in [2.75, 3.05) is 5.32 Å². The number of para-hydroxylation sites is 1. The standard InChI is InChI=1S/C23H23NO3/c1-3-22(27-21-11-7-8-17(2)16-21)23(25)24-18-12-14-20(15-13-18)26-19-9-5-4-6-10-19/h4-16,22H,3H2,1-2H3,(H,24,25). The van der Waals surface area contributed by atoms with Gasteiger partial charge in [-0.3, -0.25) is 4.79 Å². The highest BCUT2D eigenvalue weighted by Gasteiger charge is 2.18. The van der Waals surface area contributed by atoms with E-state index in [2.05, 4.69) is 5.32 Å². The van der Waals surface area contributed by atoms with Crippen LogP contribution in [-0.4, -0.2) is 12.0 Å². The van der Waals surface area contributed by atoms with Crippen LogP contribution in [0.3, 0.4) is 0 Å². The molecule has 1 N–H and O–H groups in total. The molecule has 0 saturated carbocycles. The van der Waals surface area contributed by atoms with Crippen molar-refractivity contribution < 1.29 is 14.3 Å². The third-order valence-electron chi connectivity index (χ3n) is 4.03. The summed E-state index contributed by atoms with van der Waals surface area (Å²) in [5.41, 5.74) is 1.79. The molecule has 4 nitrogen and oxygen atoms in total. The van der Waals surface area contributed by atoms with Crippen LogP contribution in [0.25, 0.3) is 0 Å². The molecule has 0 aliphatic rings.